The molecule has 8 heteroatoms. The van der Waals surface area contributed by atoms with Gasteiger partial charge in [-0.25, -0.2) is 4.79 Å². The number of esters is 1. The molecule has 0 radical (unpaired) electrons. The Balaban J connectivity index is 1.79. The largest absolute Gasteiger partial charge is 0.465 e. The summed E-state index contributed by atoms with van der Waals surface area (Å²) in [6, 6.07) is 19.8. The molecule has 1 N–H and O–H groups in total. The summed E-state index contributed by atoms with van der Waals surface area (Å²) in [7, 11) is -2.79. The molecule has 1 aliphatic rings. The SMILES string of the molecule is COC(=O)c1ccccc1NC1=C/C(=N/S(=O)(=O)c2ccc(C(C)C)cc2)c2ccccc2C1=O. The van der Waals surface area contributed by atoms with E-state index in [2.05, 4.69) is 9.71 Å². The lowest BCUT2D eigenvalue weighted by Gasteiger charge is -2.19. The van der Waals surface area contributed by atoms with Crippen molar-refractivity contribution in [3.8, 4) is 0 Å². The number of sulfonamides is 1. The second-order valence-electron chi connectivity index (χ2n) is 8.27. The summed E-state index contributed by atoms with van der Waals surface area (Å²) in [5.41, 5.74) is 2.52. The number of ether oxygens (including phenoxy) is 1. The van der Waals surface area contributed by atoms with Crippen molar-refractivity contribution in [1.82, 2.24) is 0 Å². The van der Waals surface area contributed by atoms with Crippen LogP contribution in [0.5, 0.6) is 0 Å². The molecule has 4 rings (SSSR count). The number of anilines is 1. The molecule has 3 aromatic carbocycles. The van der Waals surface area contributed by atoms with Crippen molar-refractivity contribution in [2.24, 2.45) is 4.40 Å². The number of methoxy groups -OCH3 is 1. The third-order valence-electron chi connectivity index (χ3n) is 5.64. The van der Waals surface area contributed by atoms with Gasteiger partial charge in [0.2, 0.25) is 5.78 Å². The summed E-state index contributed by atoms with van der Waals surface area (Å²) in [5, 5.41) is 2.97. The van der Waals surface area contributed by atoms with Crippen molar-refractivity contribution in [1.29, 1.82) is 0 Å². The fourth-order valence-electron chi connectivity index (χ4n) is 3.73. The highest BCUT2D eigenvalue weighted by molar-refractivity contribution is 7.90. The second-order valence-corrected chi connectivity index (χ2v) is 9.87. The van der Waals surface area contributed by atoms with E-state index in [0.717, 1.165) is 5.56 Å². The van der Waals surface area contributed by atoms with E-state index in [0.29, 0.717) is 16.8 Å². The number of nitrogens with one attached hydrogen (secondary N) is 1. The van der Waals surface area contributed by atoms with Gasteiger partial charge in [-0.3, -0.25) is 4.79 Å². The zero-order valence-corrected chi connectivity index (χ0v) is 20.3. The van der Waals surface area contributed by atoms with Gasteiger partial charge < -0.3 is 10.1 Å². The fourth-order valence-corrected chi connectivity index (χ4v) is 4.73. The maximum absolute atomic E-state index is 13.2. The van der Waals surface area contributed by atoms with Gasteiger partial charge in [0, 0.05) is 11.1 Å². The van der Waals surface area contributed by atoms with Crippen LogP contribution >= 0.6 is 0 Å². The number of allylic oxidation sites excluding steroid dienone is 2. The van der Waals surface area contributed by atoms with Crippen LogP contribution in [0.25, 0.3) is 0 Å². The Bertz CT molecular complexity index is 1470. The Hall–Kier alpha value is -4.04. The number of nitrogens with zero attached hydrogens (tertiary/aromatic N) is 1. The highest BCUT2D eigenvalue weighted by Gasteiger charge is 2.27. The van der Waals surface area contributed by atoms with Crippen LogP contribution in [0.1, 0.15) is 51.6 Å². The van der Waals surface area contributed by atoms with Crippen LogP contribution in [-0.2, 0) is 14.8 Å². The molecule has 3 aromatic rings. The van der Waals surface area contributed by atoms with E-state index < -0.39 is 16.0 Å². The van der Waals surface area contributed by atoms with Crippen molar-refractivity contribution >= 4 is 33.2 Å². The molecule has 1 aliphatic carbocycles. The van der Waals surface area contributed by atoms with Gasteiger partial charge in [0.05, 0.1) is 34.7 Å². The first-order valence-electron chi connectivity index (χ1n) is 11.0. The third kappa shape index (κ3) is 4.93. The molecule has 0 fully saturated rings. The van der Waals surface area contributed by atoms with Crippen LogP contribution in [0.4, 0.5) is 5.69 Å². The van der Waals surface area contributed by atoms with Gasteiger partial charge in [-0.05, 0) is 41.8 Å². The number of carbonyl (C=O) groups excluding carboxylic acids is 2. The summed E-state index contributed by atoms with van der Waals surface area (Å²) < 4.78 is 35.2. The summed E-state index contributed by atoms with van der Waals surface area (Å²) >= 11 is 0. The van der Waals surface area contributed by atoms with Crippen LogP contribution < -0.4 is 5.32 Å². The van der Waals surface area contributed by atoms with Gasteiger partial charge in [-0.2, -0.15) is 12.8 Å². The molecule has 0 heterocycles. The molecule has 0 atom stereocenters. The third-order valence-corrected chi connectivity index (χ3v) is 6.94. The topological polar surface area (TPSA) is 102 Å². The first-order chi connectivity index (χ1) is 16.7. The number of benzene rings is 3. The minimum absolute atomic E-state index is 0.0581. The minimum atomic E-state index is -4.05. The van der Waals surface area contributed by atoms with Crippen LogP contribution in [0.3, 0.4) is 0 Å². The first kappa shape index (κ1) is 24.1. The molecular weight excluding hydrogens is 464 g/mol. The van der Waals surface area contributed by atoms with E-state index >= 15 is 0 Å². The van der Waals surface area contributed by atoms with Crippen molar-refractivity contribution < 1.29 is 22.7 Å². The number of ketones is 1. The van der Waals surface area contributed by atoms with Gasteiger partial charge in [-0.1, -0.05) is 62.4 Å². The zero-order chi connectivity index (χ0) is 25.2. The summed E-state index contributed by atoms with van der Waals surface area (Å²) in [4.78, 5) is 25.4. The quantitative estimate of drug-likeness (QED) is 0.492. The van der Waals surface area contributed by atoms with E-state index in [4.69, 9.17) is 4.74 Å². The summed E-state index contributed by atoms with van der Waals surface area (Å²) in [6.07, 6.45) is 1.39. The molecule has 7 nitrogen and oxygen atoms in total. The lowest BCUT2D eigenvalue weighted by atomic mass is 9.92. The number of hydrogen-bond donors (Lipinski definition) is 1. The summed E-state index contributed by atoms with van der Waals surface area (Å²) in [5.74, 6) is -0.657. The molecule has 0 aromatic heterocycles. The van der Waals surface area contributed by atoms with Crippen LogP contribution in [0.2, 0.25) is 0 Å². The molecule has 0 spiro atoms. The van der Waals surface area contributed by atoms with Gasteiger partial charge in [0.1, 0.15) is 0 Å². The number of carbonyl (C=O) groups is 2. The lowest BCUT2D eigenvalue weighted by Crippen LogP contribution is -2.23. The van der Waals surface area contributed by atoms with Crippen LogP contribution in [0.15, 0.2) is 93.9 Å². The molecule has 0 aliphatic heterocycles. The molecule has 178 valence electrons. The van der Waals surface area contributed by atoms with E-state index in [-0.39, 0.29) is 33.6 Å². The van der Waals surface area contributed by atoms with Crippen molar-refractivity contribution in [2.75, 3.05) is 12.4 Å². The average Bonchev–Trinajstić information content (AvgIpc) is 2.86. The van der Waals surface area contributed by atoms with Gasteiger partial charge in [0.25, 0.3) is 10.0 Å². The van der Waals surface area contributed by atoms with E-state index in [1.165, 1.54) is 25.3 Å². The molecule has 0 bridgehead atoms. The Kier molecular flexibility index (Phi) is 6.66. The second kappa shape index (κ2) is 9.68. The first-order valence-corrected chi connectivity index (χ1v) is 12.4. The van der Waals surface area contributed by atoms with Gasteiger partial charge in [-0.15, -0.1) is 0 Å². The highest BCUT2D eigenvalue weighted by Crippen LogP contribution is 2.27. The number of rotatable bonds is 6. The maximum atomic E-state index is 13.2. The molecule has 0 amide bonds. The Morgan fingerprint density at radius 1 is 0.914 bits per heavy atom. The number of hydrogen-bond acceptors (Lipinski definition) is 6. The number of fused-ring (bicyclic) bond motifs is 1. The average molecular weight is 489 g/mol. The fraction of sp³-hybridized carbons (Fsp3) is 0.148. The van der Waals surface area contributed by atoms with Crippen LogP contribution in [-0.4, -0.2) is 33.0 Å². The van der Waals surface area contributed by atoms with Crippen LogP contribution in [0, 0.1) is 0 Å². The lowest BCUT2D eigenvalue weighted by molar-refractivity contribution is 0.0601. The summed E-state index contributed by atoms with van der Waals surface area (Å²) in [6.45, 7) is 4.05. The smallest absolute Gasteiger partial charge is 0.339 e. The van der Waals surface area contributed by atoms with Crippen molar-refractivity contribution in [3.63, 3.8) is 0 Å². The molecular formula is C27H24N2O5S. The molecule has 0 saturated heterocycles. The normalized spacial score (nSPS) is 14.5. The standard InChI is InChI=1S/C27H24N2O5S/c1-17(2)18-12-14-19(15-13-18)35(32,33)29-24-16-25(26(30)21-9-5-4-8-20(21)24)28-23-11-7-6-10-22(23)27(31)34-3/h4-17,28H,1-3H3/b29-24-. The molecule has 0 saturated carbocycles. The van der Waals surface area contributed by atoms with E-state index in [1.807, 2.05) is 13.8 Å². The molecule has 35 heavy (non-hydrogen) atoms. The minimum Gasteiger partial charge on any atom is -0.465 e. The Labute approximate surface area is 204 Å². The van der Waals surface area contributed by atoms with Crippen molar-refractivity contribution in [2.45, 2.75) is 24.7 Å². The van der Waals surface area contributed by atoms with E-state index in [9.17, 15) is 18.0 Å². The predicted molar refractivity (Wildman–Crippen MR) is 135 cm³/mol. The Morgan fingerprint density at radius 3 is 2.20 bits per heavy atom. The number of Topliss-reactive ketones (excluding diaryl/α,β-unsaturated/α-hetero) is 1. The highest BCUT2D eigenvalue weighted by atomic mass is 32.2. The van der Waals surface area contributed by atoms with Gasteiger partial charge in [0.15, 0.2) is 0 Å². The zero-order valence-electron chi connectivity index (χ0n) is 19.5. The maximum Gasteiger partial charge on any atom is 0.339 e. The number of para-hydroxylation sites is 1. The van der Waals surface area contributed by atoms with Gasteiger partial charge >= 0.3 is 5.97 Å². The van der Waals surface area contributed by atoms with Crippen molar-refractivity contribution in [3.05, 3.63) is 107 Å². The monoisotopic (exact) mass is 488 g/mol. The Morgan fingerprint density at radius 2 is 1.54 bits per heavy atom. The molecule has 0 unspecified atom stereocenters. The predicted octanol–water partition coefficient (Wildman–Crippen LogP) is 4.97. The van der Waals surface area contributed by atoms with E-state index in [1.54, 1.807) is 60.7 Å².